The number of hydrogen-bond donors (Lipinski definition) is 1. The van der Waals surface area contributed by atoms with Gasteiger partial charge >= 0.3 is 0 Å². The van der Waals surface area contributed by atoms with E-state index in [0.717, 1.165) is 27.1 Å². The highest BCUT2D eigenvalue weighted by atomic mass is 35.5. The minimum Gasteiger partial charge on any atom is -0.488 e. The van der Waals surface area contributed by atoms with Crippen molar-refractivity contribution in [3.63, 3.8) is 0 Å². The van der Waals surface area contributed by atoms with Crippen molar-refractivity contribution in [3.8, 4) is 11.8 Å². The minimum atomic E-state index is -0.598. The molecular formula is C31H20Cl2N2O2. The van der Waals surface area contributed by atoms with Gasteiger partial charge in [0.15, 0.2) is 0 Å². The number of amides is 1. The maximum Gasteiger partial charge on any atom is 0.266 e. The highest BCUT2D eigenvalue weighted by Crippen LogP contribution is 2.33. The van der Waals surface area contributed by atoms with Gasteiger partial charge in [0.1, 0.15) is 24.0 Å². The number of benzene rings is 5. The fourth-order valence-corrected chi connectivity index (χ4v) is 4.55. The Labute approximate surface area is 224 Å². The van der Waals surface area contributed by atoms with E-state index in [-0.39, 0.29) is 10.6 Å². The average molecular weight is 523 g/mol. The summed E-state index contributed by atoms with van der Waals surface area (Å²) < 4.78 is 6.29. The Bertz CT molecular complexity index is 1720. The minimum absolute atomic E-state index is 0.0950. The molecule has 0 bridgehead atoms. The summed E-state index contributed by atoms with van der Waals surface area (Å²) in [5.41, 5.74) is 1.91. The molecule has 0 aliphatic rings. The summed E-state index contributed by atoms with van der Waals surface area (Å²) >= 11 is 12.3. The number of anilines is 1. The zero-order valence-electron chi connectivity index (χ0n) is 19.5. The van der Waals surface area contributed by atoms with Gasteiger partial charge in [0, 0.05) is 5.56 Å². The van der Waals surface area contributed by atoms with Gasteiger partial charge in [-0.3, -0.25) is 4.79 Å². The fraction of sp³-hybridized carbons (Fsp3) is 0.0323. The second-order valence-corrected chi connectivity index (χ2v) is 9.14. The summed E-state index contributed by atoms with van der Waals surface area (Å²) in [6.45, 7) is 0.326. The summed E-state index contributed by atoms with van der Waals surface area (Å²) in [4.78, 5) is 13.0. The number of nitrogens with zero attached hydrogens (tertiary/aromatic N) is 1. The molecule has 5 rings (SSSR count). The Hall–Kier alpha value is -4.30. The van der Waals surface area contributed by atoms with Gasteiger partial charge in [-0.1, -0.05) is 102 Å². The zero-order chi connectivity index (χ0) is 25.8. The van der Waals surface area contributed by atoms with Gasteiger partial charge in [0.25, 0.3) is 5.91 Å². The number of rotatable bonds is 6. The first-order valence-electron chi connectivity index (χ1n) is 11.5. The molecule has 1 N–H and O–H groups in total. The lowest BCUT2D eigenvalue weighted by atomic mass is 10.0. The largest absolute Gasteiger partial charge is 0.488 e. The quantitative estimate of drug-likeness (QED) is 0.180. The van der Waals surface area contributed by atoms with Gasteiger partial charge in [0.05, 0.1) is 15.7 Å². The SMILES string of the molecule is N#C/C(=C\c1c(OCc2cccc3ccccc23)ccc2ccccc12)C(=O)Nc1cccc(Cl)c1Cl. The second-order valence-electron chi connectivity index (χ2n) is 8.35. The Morgan fingerprint density at radius 3 is 2.30 bits per heavy atom. The molecule has 0 saturated heterocycles. The predicted molar refractivity (Wildman–Crippen MR) is 151 cm³/mol. The van der Waals surface area contributed by atoms with Crippen LogP contribution in [0, 0.1) is 11.3 Å². The summed E-state index contributed by atoms with van der Waals surface area (Å²) in [5.74, 6) is -0.0347. The highest BCUT2D eigenvalue weighted by molar-refractivity contribution is 6.44. The van der Waals surface area contributed by atoms with Gasteiger partial charge in [0.2, 0.25) is 0 Å². The molecule has 0 radical (unpaired) electrons. The molecule has 0 spiro atoms. The first kappa shape index (κ1) is 24.4. The lowest BCUT2D eigenvalue weighted by molar-refractivity contribution is -0.112. The number of ether oxygens (including phenoxy) is 1. The molecule has 0 atom stereocenters. The Morgan fingerprint density at radius 1 is 0.838 bits per heavy atom. The van der Waals surface area contributed by atoms with E-state index in [4.69, 9.17) is 27.9 Å². The van der Waals surface area contributed by atoms with Crippen LogP contribution in [0.2, 0.25) is 10.0 Å². The monoisotopic (exact) mass is 522 g/mol. The van der Waals surface area contributed by atoms with Crippen molar-refractivity contribution in [2.24, 2.45) is 0 Å². The molecule has 0 aliphatic carbocycles. The van der Waals surface area contributed by atoms with Crippen molar-refractivity contribution in [2.75, 3.05) is 5.32 Å². The molecule has 5 aromatic carbocycles. The van der Waals surface area contributed by atoms with Crippen molar-refractivity contribution >= 4 is 62.4 Å². The van der Waals surface area contributed by atoms with Crippen LogP contribution in [0.15, 0.2) is 103 Å². The third-order valence-corrected chi connectivity index (χ3v) is 6.87. The summed E-state index contributed by atoms with van der Waals surface area (Å²) in [5, 5.41) is 17.1. The number of carbonyl (C=O) groups excluding carboxylic acids is 1. The Kier molecular flexibility index (Phi) is 7.09. The number of nitriles is 1. The van der Waals surface area contributed by atoms with Gasteiger partial charge < -0.3 is 10.1 Å². The third kappa shape index (κ3) is 5.15. The van der Waals surface area contributed by atoms with E-state index in [0.29, 0.717) is 28.6 Å². The van der Waals surface area contributed by atoms with E-state index >= 15 is 0 Å². The van der Waals surface area contributed by atoms with Crippen LogP contribution in [0.4, 0.5) is 5.69 Å². The van der Waals surface area contributed by atoms with E-state index in [9.17, 15) is 10.1 Å². The third-order valence-electron chi connectivity index (χ3n) is 6.05. The van der Waals surface area contributed by atoms with Crippen molar-refractivity contribution in [1.29, 1.82) is 5.26 Å². The van der Waals surface area contributed by atoms with Gasteiger partial charge in [-0.2, -0.15) is 5.26 Å². The predicted octanol–water partition coefficient (Wildman–Crippen LogP) is 8.42. The maximum atomic E-state index is 13.0. The summed E-state index contributed by atoms with van der Waals surface area (Å²) in [7, 11) is 0. The van der Waals surface area contributed by atoms with Crippen LogP contribution in [0.3, 0.4) is 0 Å². The van der Waals surface area contributed by atoms with Crippen LogP contribution in [0.25, 0.3) is 27.6 Å². The van der Waals surface area contributed by atoms with E-state index in [2.05, 4.69) is 23.5 Å². The number of nitrogens with one attached hydrogen (secondary N) is 1. The van der Waals surface area contributed by atoms with Crippen LogP contribution < -0.4 is 10.1 Å². The van der Waals surface area contributed by atoms with E-state index in [1.807, 2.05) is 66.7 Å². The van der Waals surface area contributed by atoms with Crippen LogP contribution in [-0.4, -0.2) is 5.91 Å². The Balaban J connectivity index is 1.52. The molecule has 6 heteroatoms. The van der Waals surface area contributed by atoms with E-state index < -0.39 is 5.91 Å². The molecule has 0 fully saturated rings. The molecule has 0 heterocycles. The van der Waals surface area contributed by atoms with Gasteiger partial charge in [-0.15, -0.1) is 0 Å². The fourth-order valence-electron chi connectivity index (χ4n) is 4.21. The summed E-state index contributed by atoms with van der Waals surface area (Å²) in [6, 6.07) is 32.7. The normalized spacial score (nSPS) is 11.3. The molecule has 1 amide bonds. The first-order chi connectivity index (χ1) is 18.0. The number of fused-ring (bicyclic) bond motifs is 2. The van der Waals surface area contributed by atoms with Crippen molar-refractivity contribution in [3.05, 3.63) is 124 Å². The maximum absolute atomic E-state index is 13.0. The van der Waals surface area contributed by atoms with E-state index in [1.165, 1.54) is 0 Å². The van der Waals surface area contributed by atoms with E-state index in [1.54, 1.807) is 24.3 Å². The molecular weight excluding hydrogens is 503 g/mol. The van der Waals surface area contributed by atoms with Crippen LogP contribution >= 0.6 is 23.2 Å². The lowest BCUT2D eigenvalue weighted by Crippen LogP contribution is -2.14. The standard InChI is InChI=1S/C31H20Cl2N2O2/c32-27-13-6-14-28(30(27)33)35-31(36)23(18-34)17-26-25-12-4-2-8-21(25)15-16-29(26)37-19-22-10-5-9-20-7-1-3-11-24(20)22/h1-17H,19H2,(H,35,36)/b23-17+. The average Bonchev–Trinajstić information content (AvgIpc) is 2.93. The van der Waals surface area contributed by atoms with Crippen LogP contribution in [0.5, 0.6) is 5.75 Å². The van der Waals surface area contributed by atoms with Gasteiger partial charge in [-0.25, -0.2) is 0 Å². The second kappa shape index (κ2) is 10.8. The molecule has 0 saturated carbocycles. The molecule has 0 aliphatic heterocycles. The molecule has 180 valence electrons. The molecule has 0 aromatic heterocycles. The molecule has 4 nitrogen and oxygen atoms in total. The van der Waals surface area contributed by atoms with Gasteiger partial charge in [-0.05, 0) is 51.4 Å². The molecule has 37 heavy (non-hydrogen) atoms. The highest BCUT2D eigenvalue weighted by Gasteiger charge is 2.16. The number of carbonyl (C=O) groups is 1. The number of hydrogen-bond acceptors (Lipinski definition) is 3. The van der Waals surface area contributed by atoms with Crippen molar-refractivity contribution < 1.29 is 9.53 Å². The van der Waals surface area contributed by atoms with Crippen molar-refractivity contribution in [1.82, 2.24) is 0 Å². The van der Waals surface area contributed by atoms with Crippen molar-refractivity contribution in [2.45, 2.75) is 6.61 Å². The topological polar surface area (TPSA) is 62.1 Å². The first-order valence-corrected chi connectivity index (χ1v) is 12.3. The van der Waals surface area contributed by atoms with Crippen LogP contribution in [0.1, 0.15) is 11.1 Å². The Morgan fingerprint density at radius 2 is 1.51 bits per heavy atom. The molecule has 0 unspecified atom stereocenters. The zero-order valence-corrected chi connectivity index (χ0v) is 21.1. The van der Waals surface area contributed by atoms with Crippen LogP contribution in [-0.2, 0) is 11.4 Å². The summed E-state index contributed by atoms with van der Waals surface area (Å²) in [6.07, 6.45) is 1.55. The lowest BCUT2D eigenvalue weighted by Gasteiger charge is -2.14. The molecule has 5 aromatic rings. The number of halogens is 2. The smallest absolute Gasteiger partial charge is 0.266 e.